The molecule has 152 valence electrons. The summed E-state index contributed by atoms with van der Waals surface area (Å²) in [6, 6.07) is 0. The number of esters is 1. The van der Waals surface area contributed by atoms with E-state index in [2.05, 4.69) is 13.5 Å². The van der Waals surface area contributed by atoms with Gasteiger partial charge in [-0.3, -0.25) is 4.79 Å². The first-order valence-corrected chi connectivity index (χ1v) is 9.82. The number of carbonyl (C=O) groups excluding carboxylic acids is 1. The van der Waals surface area contributed by atoms with E-state index >= 15 is 0 Å². The van der Waals surface area contributed by atoms with Crippen molar-refractivity contribution in [1.82, 2.24) is 0 Å². The summed E-state index contributed by atoms with van der Waals surface area (Å²) < 4.78 is 17.0. The van der Waals surface area contributed by atoms with Crippen molar-refractivity contribution >= 4 is 11.9 Å². The van der Waals surface area contributed by atoms with Gasteiger partial charge >= 0.3 is 11.9 Å². The predicted molar refractivity (Wildman–Crippen MR) is 101 cm³/mol. The molecule has 0 spiro atoms. The maximum Gasteiger partial charge on any atom is 0.330 e. The maximum atomic E-state index is 11.6. The highest BCUT2D eigenvalue weighted by molar-refractivity contribution is 5.82. The van der Waals surface area contributed by atoms with Gasteiger partial charge in [0.15, 0.2) is 0 Å². The highest BCUT2D eigenvalue weighted by Crippen LogP contribution is 2.32. The first kappa shape index (κ1) is 21.6. The Morgan fingerprint density at radius 1 is 1.22 bits per heavy atom. The maximum absolute atomic E-state index is 11.6. The van der Waals surface area contributed by atoms with Crippen LogP contribution in [-0.4, -0.2) is 48.6 Å². The van der Waals surface area contributed by atoms with Crippen LogP contribution in [0.25, 0.3) is 0 Å². The molecule has 0 radical (unpaired) electrons. The molecule has 6 heteroatoms. The highest BCUT2D eigenvalue weighted by atomic mass is 16.5. The molecule has 2 aliphatic rings. The molecule has 2 rings (SSSR count). The van der Waals surface area contributed by atoms with Crippen LogP contribution in [-0.2, 0) is 23.8 Å². The number of ether oxygens (including phenoxy) is 3. The monoisotopic (exact) mass is 380 g/mol. The number of hydrogen-bond donors (Lipinski definition) is 1. The molecule has 0 aromatic heterocycles. The molecular formula is C21H32O6. The molecule has 0 unspecified atom stereocenters. The van der Waals surface area contributed by atoms with Gasteiger partial charge in [-0.25, -0.2) is 4.79 Å². The van der Waals surface area contributed by atoms with E-state index in [-0.39, 0.29) is 24.7 Å². The second kappa shape index (κ2) is 10.6. The Bertz CT molecular complexity index is 555. The first-order valence-electron chi connectivity index (χ1n) is 9.82. The van der Waals surface area contributed by atoms with Crippen LogP contribution in [0.4, 0.5) is 0 Å². The van der Waals surface area contributed by atoms with Crippen LogP contribution < -0.4 is 0 Å². The van der Waals surface area contributed by atoms with Crippen LogP contribution in [0.2, 0.25) is 0 Å². The normalized spacial score (nSPS) is 31.3. The largest absolute Gasteiger partial charge is 0.481 e. The van der Waals surface area contributed by atoms with E-state index in [4.69, 9.17) is 19.3 Å². The molecule has 6 nitrogen and oxygen atoms in total. The predicted octanol–water partition coefficient (Wildman–Crippen LogP) is 3.65. The minimum Gasteiger partial charge on any atom is -0.481 e. The van der Waals surface area contributed by atoms with E-state index in [1.54, 1.807) is 0 Å². The van der Waals surface area contributed by atoms with Crippen LogP contribution >= 0.6 is 0 Å². The summed E-state index contributed by atoms with van der Waals surface area (Å²) in [6.07, 6.45) is 9.06. The quantitative estimate of drug-likeness (QED) is 0.393. The molecule has 2 aliphatic heterocycles. The highest BCUT2D eigenvalue weighted by Gasteiger charge is 2.32. The van der Waals surface area contributed by atoms with Gasteiger partial charge in [0.05, 0.1) is 37.9 Å². The van der Waals surface area contributed by atoms with E-state index in [0.29, 0.717) is 25.2 Å². The summed E-state index contributed by atoms with van der Waals surface area (Å²) in [5.74, 6) is -0.883. The van der Waals surface area contributed by atoms with Crippen LogP contribution in [0.1, 0.15) is 58.3 Å². The van der Waals surface area contributed by atoms with Crippen molar-refractivity contribution in [3.05, 3.63) is 24.3 Å². The van der Waals surface area contributed by atoms with Gasteiger partial charge in [-0.2, -0.15) is 0 Å². The minimum atomic E-state index is -0.898. The fraction of sp³-hybridized carbons (Fsp3) is 0.714. The first-order chi connectivity index (χ1) is 12.9. The van der Waals surface area contributed by atoms with Gasteiger partial charge in [0.1, 0.15) is 0 Å². The SMILES string of the molecule is C=C[C@H](C)C[C@H]1CCC[C@@H](C[C@H]2C/C(=C/C(=O)OC)C[C@@H](CC(=O)O)O2)O1. The van der Waals surface area contributed by atoms with Crippen LogP contribution in [0.15, 0.2) is 24.3 Å². The van der Waals surface area contributed by atoms with Crippen molar-refractivity contribution in [1.29, 1.82) is 0 Å². The molecule has 0 aliphatic carbocycles. The van der Waals surface area contributed by atoms with Crippen LogP contribution in [0, 0.1) is 5.92 Å². The number of methoxy groups -OCH3 is 1. The second-order valence-electron chi connectivity index (χ2n) is 7.71. The Morgan fingerprint density at radius 2 is 1.89 bits per heavy atom. The van der Waals surface area contributed by atoms with Crippen molar-refractivity contribution in [3.8, 4) is 0 Å². The Balaban J connectivity index is 1.97. The second-order valence-corrected chi connectivity index (χ2v) is 7.71. The zero-order valence-electron chi connectivity index (χ0n) is 16.4. The Labute approximate surface area is 161 Å². The van der Waals surface area contributed by atoms with Gasteiger partial charge in [-0.05, 0) is 44.4 Å². The molecular weight excluding hydrogens is 348 g/mol. The molecule has 2 heterocycles. The number of carboxylic acid groups (broad SMARTS) is 1. The molecule has 0 amide bonds. The van der Waals surface area contributed by atoms with Gasteiger partial charge in [0, 0.05) is 12.5 Å². The van der Waals surface area contributed by atoms with Crippen molar-refractivity contribution < 1.29 is 28.9 Å². The summed E-state index contributed by atoms with van der Waals surface area (Å²) in [6.45, 7) is 5.99. The van der Waals surface area contributed by atoms with Crippen molar-refractivity contribution in [2.24, 2.45) is 5.92 Å². The van der Waals surface area contributed by atoms with Crippen LogP contribution in [0.5, 0.6) is 0 Å². The number of aliphatic carboxylic acids is 1. The zero-order chi connectivity index (χ0) is 19.8. The molecule has 1 N–H and O–H groups in total. The third kappa shape index (κ3) is 7.46. The van der Waals surface area contributed by atoms with E-state index in [9.17, 15) is 9.59 Å². The van der Waals surface area contributed by atoms with E-state index in [1.807, 2.05) is 6.08 Å². The number of hydrogen-bond acceptors (Lipinski definition) is 5. The lowest BCUT2D eigenvalue weighted by Gasteiger charge is -2.36. The average Bonchev–Trinajstić information content (AvgIpc) is 2.61. The zero-order valence-corrected chi connectivity index (χ0v) is 16.4. The van der Waals surface area contributed by atoms with Crippen molar-refractivity contribution in [2.45, 2.75) is 82.7 Å². The van der Waals surface area contributed by atoms with Crippen LogP contribution in [0.3, 0.4) is 0 Å². The number of allylic oxidation sites excluding steroid dienone is 1. The summed E-state index contributed by atoms with van der Waals surface area (Å²) in [5, 5.41) is 9.11. The number of carbonyl (C=O) groups is 2. The molecule has 2 fully saturated rings. The minimum absolute atomic E-state index is 0.0694. The molecule has 0 saturated carbocycles. The molecule has 2 saturated heterocycles. The Kier molecular flexibility index (Phi) is 8.51. The summed E-state index contributed by atoms with van der Waals surface area (Å²) >= 11 is 0. The van der Waals surface area contributed by atoms with Crippen molar-refractivity contribution in [3.63, 3.8) is 0 Å². The van der Waals surface area contributed by atoms with Crippen molar-refractivity contribution in [2.75, 3.05) is 7.11 Å². The van der Waals surface area contributed by atoms with Gasteiger partial charge < -0.3 is 19.3 Å². The standard InChI is InChI=1S/C21H32O6/c1-4-14(2)8-16-6-5-7-17(26-16)12-18-9-15(11-21(24)25-3)10-19(27-18)13-20(22)23/h4,11,14,16-19H,1,5-10,12-13H2,2-3H3,(H,22,23)/b15-11-/t14-,16+,17-,18+,19-/m0/s1. The number of carboxylic acids is 1. The molecule has 27 heavy (non-hydrogen) atoms. The summed E-state index contributed by atoms with van der Waals surface area (Å²) in [4.78, 5) is 22.7. The lowest BCUT2D eigenvalue weighted by Crippen LogP contribution is -2.36. The third-order valence-corrected chi connectivity index (χ3v) is 5.29. The molecule has 0 bridgehead atoms. The lowest BCUT2D eigenvalue weighted by molar-refractivity contribution is -0.144. The molecule has 0 aromatic carbocycles. The smallest absolute Gasteiger partial charge is 0.330 e. The van der Waals surface area contributed by atoms with Gasteiger partial charge in [0.25, 0.3) is 0 Å². The van der Waals surface area contributed by atoms with E-state index in [0.717, 1.165) is 31.3 Å². The Hall–Kier alpha value is -1.66. The Morgan fingerprint density at radius 3 is 2.56 bits per heavy atom. The number of rotatable bonds is 8. The average molecular weight is 380 g/mol. The van der Waals surface area contributed by atoms with Gasteiger partial charge in [-0.1, -0.05) is 18.6 Å². The topological polar surface area (TPSA) is 82.1 Å². The molecule has 5 atom stereocenters. The summed E-state index contributed by atoms with van der Waals surface area (Å²) in [5.41, 5.74) is 0.886. The fourth-order valence-corrected chi connectivity index (χ4v) is 3.97. The molecule has 0 aromatic rings. The van der Waals surface area contributed by atoms with Gasteiger partial charge in [0.2, 0.25) is 0 Å². The lowest BCUT2D eigenvalue weighted by atomic mass is 9.90. The van der Waals surface area contributed by atoms with Gasteiger partial charge in [-0.15, -0.1) is 6.58 Å². The summed E-state index contributed by atoms with van der Waals surface area (Å²) in [7, 11) is 1.34. The van der Waals surface area contributed by atoms with E-state index < -0.39 is 18.0 Å². The fourth-order valence-electron chi connectivity index (χ4n) is 3.97. The van der Waals surface area contributed by atoms with E-state index in [1.165, 1.54) is 13.2 Å². The third-order valence-electron chi connectivity index (χ3n) is 5.29.